The Morgan fingerprint density at radius 3 is 2.90 bits per heavy atom. The molecule has 7 nitrogen and oxygen atoms in total. The van der Waals surface area contributed by atoms with Gasteiger partial charge in [-0.25, -0.2) is 19.9 Å². The number of H-pyrrole nitrogens is 1. The Balaban J connectivity index is 1.95. The summed E-state index contributed by atoms with van der Waals surface area (Å²) in [6.07, 6.45) is 7.24. The molecule has 0 unspecified atom stereocenters. The minimum absolute atomic E-state index is 0.461. The number of aromatic nitrogens is 6. The smallest absolute Gasteiger partial charge is 0.227 e. The van der Waals surface area contributed by atoms with Crippen LogP contribution in [0.5, 0.6) is 5.88 Å². The second-order valence-electron chi connectivity index (χ2n) is 4.79. The van der Waals surface area contributed by atoms with E-state index in [1.165, 1.54) is 6.33 Å². The first-order chi connectivity index (χ1) is 9.86. The molecule has 3 heterocycles. The zero-order valence-electron chi connectivity index (χ0n) is 10.9. The molecule has 0 atom stereocenters. The van der Waals surface area contributed by atoms with Crippen LogP contribution in [-0.4, -0.2) is 37.2 Å². The summed E-state index contributed by atoms with van der Waals surface area (Å²) >= 11 is 0. The summed E-state index contributed by atoms with van der Waals surface area (Å²) in [7, 11) is 1.59. The van der Waals surface area contributed by atoms with E-state index in [4.69, 9.17) is 4.74 Å². The average Bonchev–Trinajstić information content (AvgIpc) is 3.23. The lowest BCUT2D eigenvalue weighted by molar-refractivity contribution is 0.397. The van der Waals surface area contributed by atoms with Crippen molar-refractivity contribution >= 4 is 11.0 Å². The fourth-order valence-corrected chi connectivity index (χ4v) is 2.27. The molecule has 1 aliphatic rings. The molecule has 3 aromatic heterocycles. The highest BCUT2D eigenvalue weighted by molar-refractivity contribution is 5.76. The number of methoxy groups -OCH3 is 1. The number of fused-ring (bicyclic) bond motifs is 1. The van der Waals surface area contributed by atoms with Gasteiger partial charge < -0.3 is 4.74 Å². The van der Waals surface area contributed by atoms with Gasteiger partial charge in [0, 0.05) is 12.1 Å². The van der Waals surface area contributed by atoms with Crippen LogP contribution in [0.1, 0.15) is 24.5 Å². The van der Waals surface area contributed by atoms with Gasteiger partial charge in [-0.3, -0.25) is 5.10 Å². The summed E-state index contributed by atoms with van der Waals surface area (Å²) < 4.78 is 5.35. The van der Waals surface area contributed by atoms with Crippen LogP contribution in [0.15, 0.2) is 18.7 Å². The SMILES string of the molecule is COc1ncnc(C2CC2)c1-c1ncc2cn[nH]c2n1. The molecule has 0 radical (unpaired) electrons. The molecule has 0 bridgehead atoms. The zero-order valence-corrected chi connectivity index (χ0v) is 10.9. The first-order valence-electron chi connectivity index (χ1n) is 6.42. The lowest BCUT2D eigenvalue weighted by Gasteiger charge is -2.10. The van der Waals surface area contributed by atoms with E-state index in [0.717, 1.165) is 29.5 Å². The summed E-state index contributed by atoms with van der Waals surface area (Å²) in [5.74, 6) is 1.55. The predicted molar refractivity (Wildman–Crippen MR) is 71.2 cm³/mol. The normalized spacial score (nSPS) is 14.7. The first-order valence-corrected chi connectivity index (χ1v) is 6.42. The van der Waals surface area contributed by atoms with Crippen molar-refractivity contribution in [1.29, 1.82) is 0 Å². The van der Waals surface area contributed by atoms with Gasteiger partial charge in [0.05, 0.1) is 24.4 Å². The molecule has 0 amide bonds. The summed E-state index contributed by atoms with van der Waals surface area (Å²) in [6.45, 7) is 0. The van der Waals surface area contributed by atoms with Crippen LogP contribution in [0, 0.1) is 0 Å². The minimum Gasteiger partial charge on any atom is -0.480 e. The molecule has 1 N–H and O–H groups in total. The minimum atomic E-state index is 0.461. The molecule has 7 heteroatoms. The fourth-order valence-electron chi connectivity index (χ4n) is 2.27. The molecule has 100 valence electrons. The van der Waals surface area contributed by atoms with E-state index >= 15 is 0 Å². The Kier molecular flexibility index (Phi) is 2.38. The Labute approximate surface area is 114 Å². The molecule has 4 rings (SSSR count). The van der Waals surface area contributed by atoms with Crippen LogP contribution in [0.25, 0.3) is 22.4 Å². The van der Waals surface area contributed by atoms with Crippen LogP contribution in [0.2, 0.25) is 0 Å². The van der Waals surface area contributed by atoms with Gasteiger partial charge in [-0.1, -0.05) is 0 Å². The van der Waals surface area contributed by atoms with Crippen LogP contribution < -0.4 is 4.74 Å². The third-order valence-corrected chi connectivity index (χ3v) is 3.41. The van der Waals surface area contributed by atoms with E-state index < -0.39 is 0 Å². The maximum absolute atomic E-state index is 5.35. The number of hydrogen-bond donors (Lipinski definition) is 1. The number of hydrogen-bond acceptors (Lipinski definition) is 6. The van der Waals surface area contributed by atoms with E-state index in [1.54, 1.807) is 19.5 Å². The summed E-state index contributed by atoms with van der Waals surface area (Å²) in [5, 5.41) is 7.68. The lowest BCUT2D eigenvalue weighted by atomic mass is 10.1. The second kappa shape index (κ2) is 4.22. The highest BCUT2D eigenvalue weighted by atomic mass is 16.5. The van der Waals surface area contributed by atoms with E-state index in [-0.39, 0.29) is 0 Å². The van der Waals surface area contributed by atoms with E-state index in [1.807, 2.05) is 0 Å². The second-order valence-corrected chi connectivity index (χ2v) is 4.79. The van der Waals surface area contributed by atoms with Crippen molar-refractivity contribution in [3.63, 3.8) is 0 Å². The number of nitrogens with one attached hydrogen (secondary N) is 1. The lowest BCUT2D eigenvalue weighted by Crippen LogP contribution is -2.02. The van der Waals surface area contributed by atoms with E-state index in [9.17, 15) is 0 Å². The maximum Gasteiger partial charge on any atom is 0.227 e. The van der Waals surface area contributed by atoms with Crippen molar-refractivity contribution in [2.24, 2.45) is 0 Å². The highest BCUT2D eigenvalue weighted by Crippen LogP contribution is 2.44. The van der Waals surface area contributed by atoms with E-state index in [2.05, 4.69) is 30.1 Å². The Morgan fingerprint density at radius 1 is 1.20 bits per heavy atom. The van der Waals surface area contributed by atoms with Gasteiger partial charge in [-0.15, -0.1) is 0 Å². The number of nitrogens with zero attached hydrogens (tertiary/aromatic N) is 5. The van der Waals surface area contributed by atoms with Crippen LogP contribution in [-0.2, 0) is 0 Å². The predicted octanol–water partition coefficient (Wildman–Crippen LogP) is 1.70. The summed E-state index contributed by atoms with van der Waals surface area (Å²) in [6, 6.07) is 0. The van der Waals surface area contributed by atoms with Gasteiger partial charge >= 0.3 is 0 Å². The monoisotopic (exact) mass is 268 g/mol. The van der Waals surface area contributed by atoms with Crippen LogP contribution >= 0.6 is 0 Å². The number of aromatic amines is 1. The van der Waals surface area contributed by atoms with Crippen molar-refractivity contribution in [1.82, 2.24) is 30.1 Å². The summed E-state index contributed by atoms with van der Waals surface area (Å²) in [5.41, 5.74) is 2.45. The number of ether oxygens (including phenoxy) is 1. The van der Waals surface area contributed by atoms with Crippen LogP contribution in [0.4, 0.5) is 0 Å². The van der Waals surface area contributed by atoms with Crippen molar-refractivity contribution in [2.75, 3.05) is 7.11 Å². The molecular weight excluding hydrogens is 256 g/mol. The van der Waals surface area contributed by atoms with Crippen molar-refractivity contribution in [3.8, 4) is 17.3 Å². The fraction of sp³-hybridized carbons (Fsp3) is 0.308. The Bertz CT molecular complexity index is 779. The van der Waals surface area contributed by atoms with Gasteiger partial charge in [0.2, 0.25) is 5.88 Å². The molecule has 20 heavy (non-hydrogen) atoms. The molecule has 0 aromatic carbocycles. The standard InChI is InChI=1S/C13H12N6O/c1-20-13-9(10(7-2-3-7)15-6-16-13)12-14-4-8-5-17-19-11(8)18-12/h4-7H,2-3H2,1H3,(H,14,17,18,19). The van der Waals surface area contributed by atoms with Gasteiger partial charge in [-0.05, 0) is 12.8 Å². The molecule has 3 aromatic rings. The van der Waals surface area contributed by atoms with Crippen LogP contribution in [0.3, 0.4) is 0 Å². The summed E-state index contributed by atoms with van der Waals surface area (Å²) in [4.78, 5) is 17.5. The first kappa shape index (κ1) is 11.3. The van der Waals surface area contributed by atoms with Gasteiger partial charge in [0.1, 0.15) is 11.9 Å². The van der Waals surface area contributed by atoms with Crippen molar-refractivity contribution < 1.29 is 4.74 Å². The van der Waals surface area contributed by atoms with Crippen molar-refractivity contribution in [2.45, 2.75) is 18.8 Å². The van der Waals surface area contributed by atoms with Gasteiger partial charge in [0.25, 0.3) is 0 Å². The number of rotatable bonds is 3. The maximum atomic E-state index is 5.35. The Hall–Kier alpha value is -2.57. The third kappa shape index (κ3) is 1.70. The van der Waals surface area contributed by atoms with E-state index in [0.29, 0.717) is 23.3 Å². The molecule has 0 aliphatic heterocycles. The van der Waals surface area contributed by atoms with Gasteiger partial charge in [-0.2, -0.15) is 5.10 Å². The quantitative estimate of drug-likeness (QED) is 0.777. The molecule has 1 aliphatic carbocycles. The molecule has 0 spiro atoms. The molecule has 1 saturated carbocycles. The average molecular weight is 268 g/mol. The molecular formula is C13H12N6O. The topological polar surface area (TPSA) is 89.5 Å². The largest absolute Gasteiger partial charge is 0.480 e. The Morgan fingerprint density at radius 2 is 2.10 bits per heavy atom. The van der Waals surface area contributed by atoms with Gasteiger partial charge in [0.15, 0.2) is 11.5 Å². The zero-order chi connectivity index (χ0) is 13.5. The molecule has 1 fully saturated rings. The highest BCUT2D eigenvalue weighted by Gasteiger charge is 2.31. The molecule has 0 saturated heterocycles. The van der Waals surface area contributed by atoms with Crippen molar-refractivity contribution in [3.05, 3.63) is 24.4 Å². The third-order valence-electron chi connectivity index (χ3n) is 3.41.